The number of fused-ring (bicyclic) bond motifs is 1. The summed E-state index contributed by atoms with van der Waals surface area (Å²) >= 11 is 6.40. The number of benzene rings is 2. The van der Waals surface area contributed by atoms with E-state index in [0.29, 0.717) is 29.8 Å². The minimum absolute atomic E-state index is 0.0521. The van der Waals surface area contributed by atoms with Gasteiger partial charge in [-0.1, -0.05) is 65.3 Å². The van der Waals surface area contributed by atoms with Crippen LogP contribution < -0.4 is 5.32 Å². The van der Waals surface area contributed by atoms with E-state index in [1.165, 1.54) is 6.07 Å². The first-order valence-electron chi connectivity index (χ1n) is 11.4. The highest BCUT2D eigenvalue weighted by atomic mass is 35.5. The number of hydrogen-bond donors (Lipinski definition) is 2. The van der Waals surface area contributed by atoms with Crippen LogP contribution in [0.4, 0.5) is 0 Å². The van der Waals surface area contributed by atoms with Crippen LogP contribution in [0.1, 0.15) is 46.3 Å². The Morgan fingerprint density at radius 1 is 1.17 bits per heavy atom. The van der Waals surface area contributed by atoms with Gasteiger partial charge in [-0.25, -0.2) is 4.79 Å². The van der Waals surface area contributed by atoms with Crippen LogP contribution in [0, 0.1) is 6.92 Å². The number of cyclic esters (lactones) is 1. The molecule has 0 bridgehead atoms. The zero-order chi connectivity index (χ0) is 25.0. The van der Waals surface area contributed by atoms with Gasteiger partial charge in [-0.15, -0.1) is 0 Å². The summed E-state index contributed by atoms with van der Waals surface area (Å²) in [5.74, 6) is -0.970. The standard InChI is InChI=1S/C27H29ClN2O5/c1-19-15-23(31)26(28)22-16-21(13-9-4-2-3-5-10-14-34-27(33)25(19)22)30-35-18-24(32)29-17-20-11-7-6-8-12-20/h3,5-9,11-13,15,31H,2,4,10,14,16-18H2,1H3,(H,29,32)/b5-3+,13-9+,30-21+. The van der Waals surface area contributed by atoms with Crippen LogP contribution in [0.5, 0.6) is 5.75 Å². The average Bonchev–Trinajstić information content (AvgIpc) is 2.84. The van der Waals surface area contributed by atoms with Crippen LogP contribution >= 0.6 is 11.6 Å². The normalized spacial score (nSPS) is 17.5. The van der Waals surface area contributed by atoms with E-state index in [1.54, 1.807) is 13.0 Å². The summed E-state index contributed by atoms with van der Waals surface area (Å²) in [4.78, 5) is 30.3. The molecule has 0 atom stereocenters. The molecule has 2 aromatic rings. The third-order valence-corrected chi connectivity index (χ3v) is 5.73. The number of oxime groups is 1. The number of phenolic OH excluding ortho intramolecular Hbond substituents is 1. The van der Waals surface area contributed by atoms with E-state index in [1.807, 2.05) is 48.6 Å². The Labute approximate surface area is 210 Å². The van der Waals surface area contributed by atoms with Crippen molar-refractivity contribution in [3.05, 3.63) is 88.0 Å². The number of esters is 1. The van der Waals surface area contributed by atoms with Gasteiger partial charge in [-0.05, 0) is 55.0 Å². The summed E-state index contributed by atoms with van der Waals surface area (Å²) in [6.07, 6.45) is 10.0. The Bertz CT molecular complexity index is 1130. The maximum atomic E-state index is 12.8. The topological polar surface area (TPSA) is 97.2 Å². The zero-order valence-electron chi connectivity index (χ0n) is 19.6. The number of halogens is 1. The molecule has 7 nitrogen and oxygen atoms in total. The van der Waals surface area contributed by atoms with Crippen LogP contribution in [0.25, 0.3) is 0 Å². The van der Waals surface area contributed by atoms with Gasteiger partial charge in [-0.3, -0.25) is 4.79 Å². The predicted molar refractivity (Wildman–Crippen MR) is 136 cm³/mol. The van der Waals surface area contributed by atoms with Gasteiger partial charge < -0.3 is 20.0 Å². The van der Waals surface area contributed by atoms with Crippen molar-refractivity contribution in [1.82, 2.24) is 5.32 Å². The van der Waals surface area contributed by atoms with Crippen molar-refractivity contribution in [1.29, 1.82) is 0 Å². The van der Waals surface area contributed by atoms with Crippen molar-refractivity contribution < 1.29 is 24.3 Å². The lowest BCUT2D eigenvalue weighted by Crippen LogP contribution is -2.26. The Morgan fingerprint density at radius 3 is 2.71 bits per heavy atom. The van der Waals surface area contributed by atoms with E-state index in [2.05, 4.69) is 10.5 Å². The molecule has 1 amide bonds. The number of allylic oxidation sites excluding steroid dienone is 3. The molecular weight excluding hydrogens is 468 g/mol. The Balaban J connectivity index is 1.79. The molecule has 2 N–H and O–H groups in total. The highest BCUT2D eigenvalue weighted by molar-refractivity contribution is 6.33. The summed E-state index contributed by atoms with van der Waals surface area (Å²) in [6.45, 7) is 2.06. The third kappa shape index (κ3) is 8.00. The fraction of sp³-hybridized carbons (Fsp3) is 0.296. The van der Waals surface area contributed by atoms with Crippen LogP contribution in [0.3, 0.4) is 0 Å². The van der Waals surface area contributed by atoms with Crippen LogP contribution in [0.2, 0.25) is 5.02 Å². The minimum Gasteiger partial charge on any atom is -0.506 e. The van der Waals surface area contributed by atoms with Crippen LogP contribution in [0.15, 0.2) is 65.9 Å². The smallest absolute Gasteiger partial charge is 0.338 e. The molecule has 8 heteroatoms. The molecule has 1 heterocycles. The van der Waals surface area contributed by atoms with Crippen molar-refractivity contribution in [3.63, 3.8) is 0 Å². The second-order valence-electron chi connectivity index (χ2n) is 8.05. The van der Waals surface area contributed by atoms with Crippen molar-refractivity contribution in [2.45, 2.75) is 39.2 Å². The second-order valence-corrected chi connectivity index (χ2v) is 8.43. The number of aromatic hydroxyl groups is 1. The quantitative estimate of drug-likeness (QED) is 0.343. The Morgan fingerprint density at radius 2 is 1.91 bits per heavy atom. The van der Waals surface area contributed by atoms with Gasteiger partial charge in [0, 0.05) is 13.0 Å². The number of phenols is 1. The lowest BCUT2D eigenvalue weighted by Gasteiger charge is -2.15. The van der Waals surface area contributed by atoms with Gasteiger partial charge in [0.05, 0.1) is 22.9 Å². The fourth-order valence-corrected chi connectivity index (χ4v) is 3.77. The summed E-state index contributed by atoms with van der Waals surface area (Å²) in [5.41, 5.74) is 2.64. The zero-order valence-corrected chi connectivity index (χ0v) is 20.4. The number of carbonyl (C=O) groups is 2. The number of rotatable bonds is 5. The first-order chi connectivity index (χ1) is 17.0. The molecule has 0 radical (unpaired) electrons. The van der Waals surface area contributed by atoms with Gasteiger partial charge >= 0.3 is 5.97 Å². The summed E-state index contributed by atoms with van der Waals surface area (Å²) < 4.78 is 5.43. The predicted octanol–water partition coefficient (Wildman–Crippen LogP) is 5.04. The van der Waals surface area contributed by atoms with E-state index in [-0.39, 0.29) is 41.9 Å². The van der Waals surface area contributed by atoms with E-state index in [0.717, 1.165) is 18.4 Å². The van der Waals surface area contributed by atoms with Crippen molar-refractivity contribution >= 4 is 29.2 Å². The molecule has 3 rings (SSSR count). The average molecular weight is 497 g/mol. The summed E-state index contributed by atoms with van der Waals surface area (Å²) in [5, 5.41) is 17.2. The van der Waals surface area contributed by atoms with Crippen molar-refractivity contribution in [2.24, 2.45) is 5.16 Å². The van der Waals surface area contributed by atoms with Crippen molar-refractivity contribution in [3.8, 4) is 5.75 Å². The molecule has 0 aliphatic carbocycles. The van der Waals surface area contributed by atoms with Crippen LogP contribution in [-0.2, 0) is 27.3 Å². The minimum atomic E-state index is -0.519. The lowest BCUT2D eigenvalue weighted by atomic mass is 9.96. The Kier molecular flexibility index (Phi) is 9.93. The molecule has 2 aromatic carbocycles. The van der Waals surface area contributed by atoms with E-state index in [9.17, 15) is 14.7 Å². The molecule has 0 aromatic heterocycles. The summed E-state index contributed by atoms with van der Waals surface area (Å²) in [7, 11) is 0. The molecule has 35 heavy (non-hydrogen) atoms. The molecule has 0 spiro atoms. The first-order valence-corrected chi connectivity index (χ1v) is 11.8. The summed E-state index contributed by atoms with van der Waals surface area (Å²) in [6, 6.07) is 11.0. The van der Waals surface area contributed by atoms with Crippen molar-refractivity contribution in [2.75, 3.05) is 13.2 Å². The molecule has 0 fully saturated rings. The third-order valence-electron chi connectivity index (χ3n) is 5.31. The molecular formula is C27H29ClN2O5. The largest absolute Gasteiger partial charge is 0.506 e. The fourth-order valence-electron chi connectivity index (χ4n) is 3.56. The number of nitrogens with one attached hydrogen (secondary N) is 1. The molecule has 0 unspecified atom stereocenters. The molecule has 0 saturated carbocycles. The molecule has 1 aliphatic heterocycles. The molecule has 1 aliphatic rings. The number of hydrogen-bond acceptors (Lipinski definition) is 6. The highest BCUT2D eigenvalue weighted by Crippen LogP contribution is 2.33. The second kappa shape index (κ2) is 13.3. The van der Waals surface area contributed by atoms with Gasteiger partial charge in [0.25, 0.3) is 5.91 Å². The van der Waals surface area contributed by atoms with Gasteiger partial charge in [0.1, 0.15) is 5.75 Å². The SMILES string of the molecule is Cc1cc(O)c(Cl)c2c1C(=O)OCC/C=C/CC/C=C/C(=N\OCC(=O)NCc1ccccc1)C2. The van der Waals surface area contributed by atoms with Gasteiger partial charge in [-0.2, -0.15) is 0 Å². The Hall–Kier alpha value is -3.58. The lowest BCUT2D eigenvalue weighted by molar-refractivity contribution is -0.125. The number of nitrogens with zero attached hydrogens (tertiary/aromatic N) is 1. The molecule has 0 saturated heterocycles. The van der Waals surface area contributed by atoms with E-state index < -0.39 is 5.97 Å². The number of ether oxygens (including phenoxy) is 1. The van der Waals surface area contributed by atoms with Gasteiger partial charge in [0.2, 0.25) is 0 Å². The van der Waals surface area contributed by atoms with E-state index in [4.69, 9.17) is 21.2 Å². The van der Waals surface area contributed by atoms with E-state index >= 15 is 0 Å². The number of carbonyl (C=O) groups excluding carboxylic acids is 2. The maximum absolute atomic E-state index is 12.8. The molecule has 184 valence electrons. The number of aryl methyl sites for hydroxylation is 1. The first kappa shape index (κ1) is 26.0. The monoisotopic (exact) mass is 496 g/mol. The number of amides is 1. The van der Waals surface area contributed by atoms with Crippen LogP contribution in [-0.4, -0.2) is 35.9 Å². The maximum Gasteiger partial charge on any atom is 0.338 e. The highest BCUT2D eigenvalue weighted by Gasteiger charge is 2.22. The van der Waals surface area contributed by atoms with Gasteiger partial charge in [0.15, 0.2) is 6.61 Å².